The first-order chi connectivity index (χ1) is 34.1. The lowest BCUT2D eigenvalue weighted by atomic mass is 9.97. The van der Waals surface area contributed by atoms with E-state index in [1.54, 1.807) is 82.0 Å². The van der Waals surface area contributed by atoms with E-state index in [9.17, 15) is 27.7 Å². The summed E-state index contributed by atoms with van der Waals surface area (Å²) in [5, 5.41) is 0. The van der Waals surface area contributed by atoms with Crippen LogP contribution >= 0.6 is 7.60 Å². The molecule has 0 bridgehead atoms. The second-order valence-electron chi connectivity index (χ2n) is 17.1. The van der Waals surface area contributed by atoms with E-state index >= 15 is 0 Å². The number of nitrogens with zero attached hydrogens (tertiary/aromatic N) is 6. The fourth-order valence-corrected chi connectivity index (χ4v) is 10.7. The van der Waals surface area contributed by atoms with Crippen molar-refractivity contribution in [1.29, 1.82) is 0 Å². The van der Waals surface area contributed by atoms with E-state index in [0.29, 0.717) is 36.6 Å². The molecule has 2 aliphatic rings. The van der Waals surface area contributed by atoms with E-state index in [-0.39, 0.29) is 48.7 Å². The molecule has 376 valence electrons. The minimum absolute atomic E-state index is 0.0244. The van der Waals surface area contributed by atoms with Crippen LogP contribution in [0.1, 0.15) is 104 Å². The zero-order valence-electron chi connectivity index (χ0n) is 41.6. The number of hydrogen-bond acceptors (Lipinski definition) is 10. The summed E-state index contributed by atoms with van der Waals surface area (Å²) in [5.74, 6) is 0.587. The molecule has 2 fully saturated rings. The number of rotatable bonds is 15. The molecule has 0 radical (unpaired) electrons. The number of benzene rings is 4. The summed E-state index contributed by atoms with van der Waals surface area (Å²) in [7, 11) is -0.262. The molecule has 0 spiro atoms. The highest BCUT2D eigenvalue weighted by Crippen LogP contribution is 2.56. The van der Waals surface area contributed by atoms with Crippen LogP contribution in [-0.2, 0) is 23.2 Å². The second kappa shape index (κ2) is 24.9. The molecule has 17 heteroatoms. The monoisotopic (exact) mass is 992 g/mol. The quantitative estimate of drug-likeness (QED) is 0.0553. The summed E-state index contributed by atoms with van der Waals surface area (Å²) in [6.07, 6.45) is 12.9. The zero-order chi connectivity index (χ0) is 51.2. The van der Waals surface area contributed by atoms with E-state index in [0.717, 1.165) is 70.6 Å². The molecule has 0 saturated carbocycles. The Hall–Kier alpha value is -6.74. The number of aromatic nitrogens is 4. The fourth-order valence-electron chi connectivity index (χ4n) is 8.60. The third-order valence-corrected chi connectivity index (χ3v) is 14.8. The smallest absolute Gasteiger partial charge is 0.343 e. The number of likely N-dealkylation sites (tertiary alicyclic amines) is 2. The van der Waals surface area contributed by atoms with Crippen molar-refractivity contribution in [2.24, 2.45) is 0 Å². The lowest BCUT2D eigenvalue weighted by Gasteiger charge is -2.38. The molecule has 0 N–H and O–H groups in total. The topological polar surface area (TPSA) is 147 Å². The zero-order valence-corrected chi connectivity index (χ0v) is 42.5. The van der Waals surface area contributed by atoms with Crippen molar-refractivity contribution in [2.45, 2.75) is 85.0 Å². The highest BCUT2D eigenvalue weighted by atomic mass is 31.2. The number of piperidine rings is 2. The molecule has 4 heterocycles. The van der Waals surface area contributed by atoms with E-state index < -0.39 is 13.3 Å². The van der Waals surface area contributed by atoms with Gasteiger partial charge in [-0.25, -0.2) is 18.7 Å². The van der Waals surface area contributed by atoms with Crippen molar-refractivity contribution in [3.8, 4) is 22.9 Å². The van der Waals surface area contributed by atoms with Crippen LogP contribution in [0.15, 0.2) is 116 Å². The Balaban J connectivity index is 0.000000184. The van der Waals surface area contributed by atoms with Crippen molar-refractivity contribution in [3.05, 3.63) is 161 Å². The van der Waals surface area contributed by atoms with Gasteiger partial charge in [0.05, 0.1) is 74.9 Å². The maximum Gasteiger partial charge on any atom is 0.343 e. The normalized spacial score (nSPS) is 16.4. The maximum atomic E-state index is 13.3. The van der Waals surface area contributed by atoms with Gasteiger partial charge in [-0.1, -0.05) is 30.3 Å². The molecule has 14 nitrogen and oxygen atoms in total. The standard InChI is InChI=1S/C25H26FN3O2.C17H25FNO4P.C12H12N2O2/c1-17-15-28(16-27-17)23-11-6-19(14-24(23)31-3)13-21-5-4-12-29(25(21)30)18(2)20-7-9-22(26)10-8-20;1-4-22-24(21,23-5-2)16-7-6-12-19(17(16)20)13(3)14-8-10-15(18)11-9-14;1-9-6-14(8-13-9)11-4-3-10(7-15)5-12(11)16-2/h6-11,13-16,18H,4-5,12H2,1-3H3;8-11,13,16H,4-7,12H2,1-3H3;3-8H,1-2H3/b21-13+;;/t18-;13-,16?;/m00./s1. The number of amides is 2. The van der Waals surface area contributed by atoms with E-state index in [1.807, 2.05) is 84.5 Å². The van der Waals surface area contributed by atoms with E-state index in [1.165, 1.54) is 24.3 Å². The number of methoxy groups -OCH3 is 2. The van der Waals surface area contributed by atoms with Crippen molar-refractivity contribution in [2.75, 3.05) is 40.5 Å². The molecule has 2 aliphatic heterocycles. The fraction of sp³-hybridized carbons (Fsp3) is 0.352. The Morgan fingerprint density at radius 1 is 0.704 bits per heavy atom. The molecular weight excluding hydrogens is 930 g/mol. The largest absolute Gasteiger partial charge is 0.495 e. The number of carbonyl (C=O) groups excluding carboxylic acids is 3. The molecule has 6 aromatic rings. The first-order valence-electron chi connectivity index (χ1n) is 23.7. The highest BCUT2D eigenvalue weighted by molar-refractivity contribution is 7.55. The number of ether oxygens (including phenoxy) is 2. The average molecular weight is 993 g/mol. The van der Waals surface area contributed by atoms with Gasteiger partial charge in [0, 0.05) is 36.6 Å². The lowest BCUT2D eigenvalue weighted by Crippen LogP contribution is -2.45. The number of imidazole rings is 2. The van der Waals surface area contributed by atoms with Crippen LogP contribution in [0.25, 0.3) is 17.5 Å². The summed E-state index contributed by atoms with van der Waals surface area (Å²) >= 11 is 0. The van der Waals surface area contributed by atoms with Gasteiger partial charge in [-0.05, 0) is 145 Å². The highest BCUT2D eigenvalue weighted by Gasteiger charge is 2.46. The van der Waals surface area contributed by atoms with Gasteiger partial charge in [0.2, 0.25) is 11.8 Å². The second-order valence-corrected chi connectivity index (χ2v) is 19.3. The molecule has 8 rings (SSSR count). The summed E-state index contributed by atoms with van der Waals surface area (Å²) in [5.41, 5.74) is 6.90. The van der Waals surface area contributed by atoms with Crippen molar-refractivity contribution in [1.82, 2.24) is 28.9 Å². The van der Waals surface area contributed by atoms with Crippen molar-refractivity contribution < 1.29 is 46.3 Å². The molecule has 2 saturated heterocycles. The van der Waals surface area contributed by atoms with Crippen LogP contribution in [0, 0.1) is 25.5 Å². The Labute approximate surface area is 414 Å². The summed E-state index contributed by atoms with van der Waals surface area (Å²) in [6.45, 7) is 12.9. The molecule has 4 aromatic carbocycles. The first kappa shape index (κ1) is 53.6. The molecule has 71 heavy (non-hydrogen) atoms. The van der Waals surface area contributed by atoms with Gasteiger partial charge in [-0.15, -0.1) is 0 Å². The molecule has 3 atom stereocenters. The van der Waals surface area contributed by atoms with Gasteiger partial charge in [0.1, 0.15) is 35.1 Å². The minimum Gasteiger partial charge on any atom is -0.495 e. The first-order valence-corrected chi connectivity index (χ1v) is 25.3. The Bertz CT molecular complexity index is 2820. The Morgan fingerprint density at radius 3 is 1.65 bits per heavy atom. The lowest BCUT2D eigenvalue weighted by molar-refractivity contribution is -0.135. The van der Waals surface area contributed by atoms with Gasteiger partial charge in [0.25, 0.3) is 0 Å². The van der Waals surface area contributed by atoms with E-state index in [2.05, 4.69) is 9.97 Å². The van der Waals surface area contributed by atoms with Crippen LogP contribution in [0.5, 0.6) is 11.5 Å². The molecule has 2 aromatic heterocycles. The Morgan fingerprint density at radius 2 is 1.18 bits per heavy atom. The van der Waals surface area contributed by atoms with E-state index in [4.69, 9.17) is 18.5 Å². The van der Waals surface area contributed by atoms with Gasteiger partial charge in [-0.3, -0.25) is 18.9 Å². The van der Waals surface area contributed by atoms with Gasteiger partial charge < -0.3 is 37.5 Å². The van der Waals surface area contributed by atoms with Crippen LogP contribution < -0.4 is 9.47 Å². The Kier molecular flexibility index (Phi) is 18.8. The SMILES string of the molecule is CCOP(=O)(OCC)C1CCCN([C@@H](C)c2ccc(F)cc2)C1=O.COc1cc(/C=C2\CCCN([C@@H](C)c3ccc(F)cc3)C2=O)ccc1-n1cnc(C)c1.COc1cc(C=O)ccc1-n1cnc(C)c1. The third kappa shape index (κ3) is 13.4. The predicted octanol–water partition coefficient (Wildman–Crippen LogP) is 11.2. The molecular formula is C54H63F2N6O8P. The predicted molar refractivity (Wildman–Crippen MR) is 269 cm³/mol. The summed E-state index contributed by atoms with van der Waals surface area (Å²) in [4.78, 5) is 48.7. The van der Waals surface area contributed by atoms with Crippen LogP contribution in [0.3, 0.4) is 0 Å². The third-order valence-electron chi connectivity index (χ3n) is 12.3. The van der Waals surface area contributed by atoms with Gasteiger partial charge in [0.15, 0.2) is 0 Å². The van der Waals surface area contributed by atoms with Crippen LogP contribution in [0.2, 0.25) is 0 Å². The van der Waals surface area contributed by atoms with Crippen molar-refractivity contribution in [3.63, 3.8) is 0 Å². The van der Waals surface area contributed by atoms with Crippen molar-refractivity contribution >= 4 is 31.8 Å². The van der Waals surface area contributed by atoms with Gasteiger partial charge >= 0.3 is 7.60 Å². The number of halogens is 2. The number of aryl methyl sites for hydroxylation is 2. The number of carbonyl (C=O) groups is 3. The van der Waals surface area contributed by atoms with Crippen LogP contribution in [0.4, 0.5) is 8.78 Å². The maximum absolute atomic E-state index is 13.3. The summed E-state index contributed by atoms with van der Waals surface area (Å²) < 4.78 is 64.7. The molecule has 2 amide bonds. The average Bonchev–Trinajstić information content (AvgIpc) is 4.02. The van der Waals surface area contributed by atoms with Crippen LogP contribution in [-0.4, -0.2) is 93.2 Å². The number of hydrogen-bond donors (Lipinski definition) is 0. The summed E-state index contributed by atoms with van der Waals surface area (Å²) in [6, 6.07) is 23.3. The molecule has 1 unspecified atom stereocenters. The minimum atomic E-state index is -3.48. The molecule has 0 aliphatic carbocycles. The number of aldehydes is 1. The van der Waals surface area contributed by atoms with Gasteiger partial charge in [-0.2, -0.15) is 0 Å².